The van der Waals surface area contributed by atoms with E-state index in [0.717, 1.165) is 33.6 Å². The zero-order chi connectivity index (χ0) is 15.1. The van der Waals surface area contributed by atoms with E-state index in [2.05, 4.69) is 15.5 Å². The van der Waals surface area contributed by atoms with Crippen LogP contribution in [0.4, 0.5) is 0 Å². The predicted octanol–water partition coefficient (Wildman–Crippen LogP) is 1.96. The highest BCUT2D eigenvalue weighted by Gasteiger charge is 2.16. The van der Waals surface area contributed by atoms with Crippen LogP contribution in [-0.2, 0) is 11.3 Å². The molecule has 21 heavy (non-hydrogen) atoms. The Morgan fingerprint density at radius 3 is 2.43 bits per heavy atom. The predicted molar refractivity (Wildman–Crippen MR) is 82.0 cm³/mol. The largest absolute Gasteiger partial charge is 0.496 e. The second kappa shape index (κ2) is 7.92. The van der Waals surface area contributed by atoms with E-state index in [4.69, 9.17) is 14.2 Å². The Morgan fingerprint density at radius 2 is 1.81 bits per heavy atom. The number of aromatic nitrogens is 2. The fourth-order valence-electron chi connectivity index (χ4n) is 1.86. The van der Waals surface area contributed by atoms with Gasteiger partial charge in [-0.05, 0) is 12.1 Å². The number of nitrogens with zero attached hydrogens (tertiary/aromatic N) is 2. The summed E-state index contributed by atoms with van der Waals surface area (Å²) in [6, 6.07) is 5.65. The van der Waals surface area contributed by atoms with Gasteiger partial charge in [-0.2, -0.15) is 0 Å². The second-order valence-electron chi connectivity index (χ2n) is 4.21. The average Bonchev–Trinajstić information content (AvgIpc) is 2.99. The topological polar surface area (TPSA) is 65.5 Å². The zero-order valence-corrected chi connectivity index (χ0v) is 13.2. The van der Waals surface area contributed by atoms with Crippen molar-refractivity contribution in [3.8, 4) is 22.1 Å². The van der Waals surface area contributed by atoms with E-state index in [1.54, 1.807) is 21.3 Å². The molecule has 0 unspecified atom stereocenters. The van der Waals surface area contributed by atoms with Gasteiger partial charge in [-0.3, -0.25) is 0 Å². The Kier molecular flexibility index (Phi) is 5.91. The summed E-state index contributed by atoms with van der Waals surface area (Å²) in [5.41, 5.74) is 0.836. The number of rotatable bonds is 8. The molecule has 0 bridgehead atoms. The molecule has 2 aromatic rings. The van der Waals surface area contributed by atoms with Gasteiger partial charge in [0.1, 0.15) is 16.5 Å². The van der Waals surface area contributed by atoms with E-state index in [9.17, 15) is 0 Å². The number of methoxy groups -OCH3 is 3. The van der Waals surface area contributed by atoms with Crippen LogP contribution in [0.5, 0.6) is 11.5 Å². The summed E-state index contributed by atoms with van der Waals surface area (Å²) >= 11 is 1.52. The summed E-state index contributed by atoms with van der Waals surface area (Å²) in [7, 11) is 4.94. The first kappa shape index (κ1) is 15.7. The molecule has 1 N–H and O–H groups in total. The molecule has 1 aromatic heterocycles. The van der Waals surface area contributed by atoms with Crippen LogP contribution in [0.25, 0.3) is 10.6 Å². The van der Waals surface area contributed by atoms with Gasteiger partial charge >= 0.3 is 0 Å². The number of ether oxygens (including phenoxy) is 3. The molecule has 0 spiro atoms. The van der Waals surface area contributed by atoms with Crippen molar-refractivity contribution in [3.63, 3.8) is 0 Å². The summed E-state index contributed by atoms with van der Waals surface area (Å²) in [6.45, 7) is 2.12. The smallest absolute Gasteiger partial charge is 0.155 e. The third kappa shape index (κ3) is 3.90. The summed E-state index contributed by atoms with van der Waals surface area (Å²) in [4.78, 5) is 0. The number of hydrogen-bond acceptors (Lipinski definition) is 7. The Hall–Kier alpha value is -1.70. The van der Waals surface area contributed by atoms with Gasteiger partial charge in [0.25, 0.3) is 0 Å². The molecule has 0 aliphatic rings. The van der Waals surface area contributed by atoms with Crippen LogP contribution in [0.2, 0.25) is 0 Å². The minimum atomic E-state index is 0.665. The first-order valence-corrected chi connectivity index (χ1v) is 7.35. The number of hydrogen-bond donors (Lipinski definition) is 1. The summed E-state index contributed by atoms with van der Waals surface area (Å²) in [5.74, 6) is 1.45. The van der Waals surface area contributed by atoms with Crippen molar-refractivity contribution in [1.29, 1.82) is 0 Å². The van der Waals surface area contributed by atoms with Gasteiger partial charge in [0.15, 0.2) is 5.01 Å². The van der Waals surface area contributed by atoms with Gasteiger partial charge in [0, 0.05) is 20.2 Å². The standard InChI is InChI=1S/C14H19N3O3S/c1-18-8-7-15-9-12-16-17-14(21-12)13-10(19-2)5-4-6-11(13)20-3/h4-6,15H,7-9H2,1-3H3. The first-order chi connectivity index (χ1) is 10.3. The van der Waals surface area contributed by atoms with Gasteiger partial charge < -0.3 is 19.5 Å². The molecule has 0 saturated heterocycles. The van der Waals surface area contributed by atoms with Crippen molar-refractivity contribution in [2.75, 3.05) is 34.5 Å². The van der Waals surface area contributed by atoms with Crippen LogP contribution in [0.15, 0.2) is 18.2 Å². The molecule has 0 atom stereocenters. The quantitative estimate of drug-likeness (QED) is 0.752. The summed E-state index contributed by atoms with van der Waals surface area (Å²) in [5, 5.41) is 13.4. The van der Waals surface area contributed by atoms with E-state index in [-0.39, 0.29) is 0 Å². The van der Waals surface area contributed by atoms with E-state index >= 15 is 0 Å². The van der Waals surface area contributed by atoms with Gasteiger partial charge in [-0.15, -0.1) is 10.2 Å². The zero-order valence-electron chi connectivity index (χ0n) is 12.4. The van der Waals surface area contributed by atoms with Crippen molar-refractivity contribution in [1.82, 2.24) is 15.5 Å². The number of nitrogens with one attached hydrogen (secondary N) is 1. The molecular weight excluding hydrogens is 290 g/mol. The molecule has 114 valence electrons. The molecule has 0 fully saturated rings. The maximum Gasteiger partial charge on any atom is 0.155 e. The van der Waals surface area contributed by atoms with Crippen LogP contribution >= 0.6 is 11.3 Å². The Labute approximate surface area is 128 Å². The summed E-state index contributed by atoms with van der Waals surface area (Å²) in [6.07, 6.45) is 0. The van der Waals surface area contributed by atoms with E-state index < -0.39 is 0 Å². The minimum absolute atomic E-state index is 0.665. The van der Waals surface area contributed by atoms with Gasteiger partial charge in [0.2, 0.25) is 0 Å². The molecule has 0 saturated carbocycles. The van der Waals surface area contributed by atoms with Crippen LogP contribution < -0.4 is 14.8 Å². The van der Waals surface area contributed by atoms with E-state index in [1.165, 1.54) is 11.3 Å². The van der Waals surface area contributed by atoms with Gasteiger partial charge in [-0.25, -0.2) is 0 Å². The molecule has 7 heteroatoms. The van der Waals surface area contributed by atoms with Gasteiger partial charge in [0.05, 0.1) is 26.4 Å². The lowest BCUT2D eigenvalue weighted by atomic mass is 10.2. The Bertz CT molecular complexity index is 552. The van der Waals surface area contributed by atoms with Crippen molar-refractivity contribution >= 4 is 11.3 Å². The van der Waals surface area contributed by atoms with Crippen molar-refractivity contribution in [3.05, 3.63) is 23.2 Å². The monoisotopic (exact) mass is 309 g/mol. The highest BCUT2D eigenvalue weighted by Crippen LogP contribution is 2.39. The molecule has 1 aromatic carbocycles. The molecule has 0 aliphatic carbocycles. The lowest BCUT2D eigenvalue weighted by Crippen LogP contribution is -2.18. The van der Waals surface area contributed by atoms with E-state index in [1.807, 2.05) is 18.2 Å². The highest BCUT2D eigenvalue weighted by molar-refractivity contribution is 7.14. The molecule has 1 heterocycles. The average molecular weight is 309 g/mol. The first-order valence-electron chi connectivity index (χ1n) is 6.53. The van der Waals surface area contributed by atoms with Crippen molar-refractivity contribution < 1.29 is 14.2 Å². The highest BCUT2D eigenvalue weighted by atomic mass is 32.1. The summed E-state index contributed by atoms with van der Waals surface area (Å²) < 4.78 is 15.8. The Balaban J connectivity index is 2.17. The van der Waals surface area contributed by atoms with Crippen LogP contribution in [0.3, 0.4) is 0 Å². The lowest BCUT2D eigenvalue weighted by Gasteiger charge is -2.09. The second-order valence-corrected chi connectivity index (χ2v) is 5.27. The third-order valence-electron chi connectivity index (χ3n) is 2.87. The van der Waals surface area contributed by atoms with E-state index in [0.29, 0.717) is 13.2 Å². The lowest BCUT2D eigenvalue weighted by molar-refractivity contribution is 0.199. The number of benzene rings is 1. The maximum absolute atomic E-state index is 5.39. The van der Waals surface area contributed by atoms with Crippen LogP contribution in [-0.4, -0.2) is 44.7 Å². The molecular formula is C14H19N3O3S. The van der Waals surface area contributed by atoms with Crippen LogP contribution in [0, 0.1) is 0 Å². The fourth-order valence-corrected chi connectivity index (χ4v) is 2.72. The third-order valence-corrected chi connectivity index (χ3v) is 3.81. The minimum Gasteiger partial charge on any atom is -0.496 e. The SMILES string of the molecule is COCCNCc1nnc(-c2c(OC)cccc2OC)s1. The molecule has 2 rings (SSSR count). The van der Waals surface area contributed by atoms with Crippen molar-refractivity contribution in [2.45, 2.75) is 6.54 Å². The van der Waals surface area contributed by atoms with Gasteiger partial charge in [-0.1, -0.05) is 17.4 Å². The molecule has 0 amide bonds. The molecule has 0 radical (unpaired) electrons. The molecule has 6 nitrogen and oxygen atoms in total. The Morgan fingerprint density at radius 1 is 1.10 bits per heavy atom. The maximum atomic E-state index is 5.39. The van der Waals surface area contributed by atoms with Crippen LogP contribution in [0.1, 0.15) is 5.01 Å². The molecule has 0 aliphatic heterocycles. The fraction of sp³-hybridized carbons (Fsp3) is 0.429. The normalized spacial score (nSPS) is 10.6. The van der Waals surface area contributed by atoms with Crippen molar-refractivity contribution in [2.24, 2.45) is 0 Å².